The molecule has 0 saturated carbocycles. The van der Waals surface area contributed by atoms with Gasteiger partial charge in [0, 0.05) is 20.3 Å². The number of pyridine rings is 1. The molecule has 5 heteroatoms. The van der Waals surface area contributed by atoms with E-state index >= 15 is 0 Å². The average molecular weight is 205 g/mol. The highest BCUT2D eigenvalue weighted by molar-refractivity contribution is 5.86. The lowest BCUT2D eigenvalue weighted by Crippen LogP contribution is -2.12. The first-order valence-electron chi connectivity index (χ1n) is 4.48. The standard InChI is InChI=1S/C10H11N3O2/c1-12(2)9-5-3-4-8-11-7(10(14)15)6-13(8)9/h3-6H,1-2H3,(H,14,15). The number of aromatic carboxylic acids is 1. The lowest BCUT2D eigenvalue weighted by Gasteiger charge is -2.13. The van der Waals surface area contributed by atoms with Gasteiger partial charge in [0.1, 0.15) is 11.5 Å². The molecule has 0 aliphatic rings. The summed E-state index contributed by atoms with van der Waals surface area (Å²) in [6.45, 7) is 0. The fraction of sp³-hybridized carbons (Fsp3) is 0.200. The Bertz CT molecular complexity index is 516. The van der Waals surface area contributed by atoms with Gasteiger partial charge in [-0.2, -0.15) is 0 Å². The minimum atomic E-state index is -1.01. The first-order chi connectivity index (χ1) is 7.09. The van der Waals surface area contributed by atoms with Crippen LogP contribution in [0.25, 0.3) is 5.65 Å². The number of nitrogens with zero attached hydrogens (tertiary/aromatic N) is 3. The number of aromatic nitrogens is 2. The third-order valence-corrected chi connectivity index (χ3v) is 2.15. The molecule has 2 aromatic heterocycles. The number of carboxylic acids is 1. The Morgan fingerprint density at radius 2 is 2.20 bits per heavy atom. The van der Waals surface area contributed by atoms with E-state index in [-0.39, 0.29) is 5.69 Å². The molecule has 2 rings (SSSR count). The van der Waals surface area contributed by atoms with Gasteiger partial charge < -0.3 is 10.0 Å². The van der Waals surface area contributed by atoms with Gasteiger partial charge >= 0.3 is 5.97 Å². The van der Waals surface area contributed by atoms with E-state index < -0.39 is 5.97 Å². The number of fused-ring (bicyclic) bond motifs is 1. The predicted octanol–water partition coefficient (Wildman–Crippen LogP) is 1.10. The van der Waals surface area contributed by atoms with E-state index in [1.807, 2.05) is 31.1 Å². The summed E-state index contributed by atoms with van der Waals surface area (Å²) in [7, 11) is 3.80. The van der Waals surface area contributed by atoms with Crippen molar-refractivity contribution >= 4 is 17.4 Å². The van der Waals surface area contributed by atoms with Crippen LogP contribution in [0.1, 0.15) is 10.5 Å². The second-order valence-electron chi connectivity index (χ2n) is 3.44. The molecule has 0 amide bonds. The van der Waals surface area contributed by atoms with Gasteiger partial charge in [0.2, 0.25) is 0 Å². The van der Waals surface area contributed by atoms with E-state index in [9.17, 15) is 4.79 Å². The topological polar surface area (TPSA) is 57.8 Å². The maximum absolute atomic E-state index is 10.8. The number of imidazole rings is 1. The van der Waals surface area contributed by atoms with Crippen molar-refractivity contribution in [1.82, 2.24) is 9.38 Å². The van der Waals surface area contributed by atoms with E-state index in [1.54, 1.807) is 10.5 Å². The number of carboxylic acid groups (broad SMARTS) is 1. The van der Waals surface area contributed by atoms with E-state index in [4.69, 9.17) is 5.11 Å². The summed E-state index contributed by atoms with van der Waals surface area (Å²) in [5, 5.41) is 8.83. The molecule has 5 nitrogen and oxygen atoms in total. The van der Waals surface area contributed by atoms with Crippen molar-refractivity contribution in [2.24, 2.45) is 0 Å². The molecular weight excluding hydrogens is 194 g/mol. The van der Waals surface area contributed by atoms with Crippen LogP contribution in [0, 0.1) is 0 Å². The van der Waals surface area contributed by atoms with Crippen molar-refractivity contribution in [2.75, 3.05) is 19.0 Å². The number of anilines is 1. The highest BCUT2D eigenvalue weighted by Crippen LogP contribution is 2.15. The van der Waals surface area contributed by atoms with Gasteiger partial charge in [0.15, 0.2) is 5.69 Å². The normalized spacial score (nSPS) is 10.5. The fourth-order valence-electron chi connectivity index (χ4n) is 1.46. The van der Waals surface area contributed by atoms with E-state index in [2.05, 4.69) is 4.98 Å². The molecule has 0 fully saturated rings. The quantitative estimate of drug-likeness (QED) is 0.797. The van der Waals surface area contributed by atoms with Crippen LogP contribution in [0.5, 0.6) is 0 Å². The van der Waals surface area contributed by atoms with Crippen LogP contribution in [-0.2, 0) is 0 Å². The summed E-state index contributed by atoms with van der Waals surface area (Å²) in [6.07, 6.45) is 1.52. The molecule has 0 spiro atoms. The van der Waals surface area contributed by atoms with Crippen molar-refractivity contribution in [2.45, 2.75) is 0 Å². The summed E-state index contributed by atoms with van der Waals surface area (Å²) in [4.78, 5) is 16.7. The largest absolute Gasteiger partial charge is 0.476 e. The van der Waals surface area contributed by atoms with Gasteiger partial charge in [0.05, 0.1) is 0 Å². The van der Waals surface area contributed by atoms with Gasteiger partial charge in [0.25, 0.3) is 0 Å². The summed E-state index contributed by atoms with van der Waals surface area (Å²) in [5.74, 6) is -0.115. The fourth-order valence-corrected chi connectivity index (χ4v) is 1.46. The highest BCUT2D eigenvalue weighted by Gasteiger charge is 2.10. The summed E-state index contributed by atoms with van der Waals surface area (Å²) in [5.41, 5.74) is 0.697. The Labute approximate surface area is 86.6 Å². The first-order valence-corrected chi connectivity index (χ1v) is 4.48. The van der Waals surface area contributed by atoms with Gasteiger partial charge in [-0.3, -0.25) is 4.40 Å². The van der Waals surface area contributed by atoms with Crippen LogP contribution in [0.2, 0.25) is 0 Å². The summed E-state index contributed by atoms with van der Waals surface area (Å²) < 4.78 is 1.75. The lowest BCUT2D eigenvalue weighted by atomic mass is 10.4. The molecular formula is C10H11N3O2. The first kappa shape index (κ1) is 9.51. The molecule has 0 bridgehead atoms. The maximum Gasteiger partial charge on any atom is 0.356 e. The van der Waals surface area contributed by atoms with Gasteiger partial charge in [-0.1, -0.05) is 6.07 Å². The molecule has 78 valence electrons. The monoisotopic (exact) mass is 205 g/mol. The van der Waals surface area contributed by atoms with Crippen LogP contribution in [0.4, 0.5) is 5.82 Å². The Kier molecular flexibility index (Phi) is 2.07. The summed E-state index contributed by atoms with van der Waals surface area (Å²) in [6, 6.07) is 5.53. The lowest BCUT2D eigenvalue weighted by molar-refractivity contribution is 0.0691. The molecule has 0 radical (unpaired) electrons. The minimum Gasteiger partial charge on any atom is -0.476 e. The Morgan fingerprint density at radius 1 is 1.47 bits per heavy atom. The Morgan fingerprint density at radius 3 is 2.80 bits per heavy atom. The Balaban J connectivity index is 2.69. The molecule has 2 heterocycles. The second-order valence-corrected chi connectivity index (χ2v) is 3.44. The highest BCUT2D eigenvalue weighted by atomic mass is 16.4. The van der Waals surface area contributed by atoms with Crippen molar-refractivity contribution in [1.29, 1.82) is 0 Å². The molecule has 0 saturated heterocycles. The molecule has 0 unspecified atom stereocenters. The summed E-state index contributed by atoms with van der Waals surface area (Å²) >= 11 is 0. The van der Waals surface area contributed by atoms with Crippen LogP contribution >= 0.6 is 0 Å². The molecule has 0 aromatic carbocycles. The molecule has 2 aromatic rings. The zero-order valence-corrected chi connectivity index (χ0v) is 8.51. The van der Waals surface area contributed by atoms with Crippen molar-refractivity contribution in [3.63, 3.8) is 0 Å². The average Bonchev–Trinajstić information content (AvgIpc) is 2.60. The van der Waals surface area contributed by atoms with Crippen LogP contribution in [0.15, 0.2) is 24.4 Å². The number of hydrogen-bond acceptors (Lipinski definition) is 3. The zero-order valence-electron chi connectivity index (χ0n) is 8.51. The SMILES string of the molecule is CN(C)c1cccc2nc(C(=O)O)cn12. The molecule has 0 atom stereocenters. The van der Waals surface area contributed by atoms with Gasteiger partial charge in [-0.25, -0.2) is 9.78 Å². The number of carbonyl (C=O) groups is 1. The predicted molar refractivity (Wildman–Crippen MR) is 56.5 cm³/mol. The second kappa shape index (κ2) is 3.27. The van der Waals surface area contributed by atoms with Crippen molar-refractivity contribution < 1.29 is 9.90 Å². The van der Waals surface area contributed by atoms with Crippen LogP contribution in [0.3, 0.4) is 0 Å². The smallest absolute Gasteiger partial charge is 0.356 e. The van der Waals surface area contributed by atoms with Crippen LogP contribution in [-0.4, -0.2) is 34.6 Å². The van der Waals surface area contributed by atoms with Crippen molar-refractivity contribution in [3.05, 3.63) is 30.1 Å². The van der Waals surface area contributed by atoms with E-state index in [1.165, 1.54) is 6.20 Å². The van der Waals surface area contributed by atoms with Gasteiger partial charge in [-0.15, -0.1) is 0 Å². The van der Waals surface area contributed by atoms with E-state index in [0.717, 1.165) is 5.82 Å². The third-order valence-electron chi connectivity index (χ3n) is 2.15. The van der Waals surface area contributed by atoms with Crippen LogP contribution < -0.4 is 4.90 Å². The number of rotatable bonds is 2. The molecule has 1 N–H and O–H groups in total. The zero-order chi connectivity index (χ0) is 11.0. The minimum absolute atomic E-state index is 0.0595. The van der Waals surface area contributed by atoms with Crippen molar-refractivity contribution in [3.8, 4) is 0 Å². The molecule has 0 aliphatic carbocycles. The maximum atomic E-state index is 10.8. The number of hydrogen-bond donors (Lipinski definition) is 1. The van der Waals surface area contributed by atoms with Gasteiger partial charge in [-0.05, 0) is 12.1 Å². The Hall–Kier alpha value is -2.04. The third kappa shape index (κ3) is 1.52. The molecule has 0 aliphatic heterocycles. The molecule has 15 heavy (non-hydrogen) atoms. The van der Waals surface area contributed by atoms with E-state index in [0.29, 0.717) is 5.65 Å².